The highest BCUT2D eigenvalue weighted by atomic mass is 79.9. The lowest BCUT2D eigenvalue weighted by Gasteiger charge is -2.32. The molecular formula is C16H24BrNO. The van der Waals surface area contributed by atoms with Crippen molar-refractivity contribution < 1.29 is 4.79 Å². The lowest BCUT2D eigenvalue weighted by molar-refractivity contribution is -0.122. The second-order valence-electron chi connectivity index (χ2n) is 5.92. The van der Waals surface area contributed by atoms with E-state index in [0.717, 1.165) is 18.2 Å². The molecular weight excluding hydrogens is 302 g/mol. The molecule has 1 amide bonds. The van der Waals surface area contributed by atoms with Crippen LogP contribution in [0.15, 0.2) is 30.3 Å². The summed E-state index contributed by atoms with van der Waals surface area (Å²) in [6.07, 6.45) is 2.58. The number of hydrogen-bond acceptors (Lipinski definition) is 1. The quantitative estimate of drug-likeness (QED) is 0.607. The number of rotatable bonds is 6. The van der Waals surface area contributed by atoms with E-state index in [2.05, 4.69) is 54.2 Å². The Morgan fingerprint density at radius 1 is 1.21 bits per heavy atom. The molecule has 1 unspecified atom stereocenters. The first kappa shape index (κ1) is 16.2. The van der Waals surface area contributed by atoms with Gasteiger partial charge in [0.15, 0.2) is 0 Å². The van der Waals surface area contributed by atoms with Crippen LogP contribution in [0.3, 0.4) is 0 Å². The topological polar surface area (TPSA) is 29.1 Å². The second kappa shape index (κ2) is 7.68. The molecule has 1 N–H and O–H groups in total. The fraction of sp³-hybridized carbons (Fsp3) is 0.562. The number of carbonyl (C=O) groups excluding carboxylic acids is 1. The van der Waals surface area contributed by atoms with E-state index in [1.54, 1.807) is 0 Å². The van der Waals surface area contributed by atoms with Crippen LogP contribution >= 0.6 is 15.9 Å². The van der Waals surface area contributed by atoms with Gasteiger partial charge in [0.1, 0.15) is 0 Å². The maximum Gasteiger partial charge on any atom is 0.220 e. The van der Waals surface area contributed by atoms with E-state index in [0.29, 0.717) is 6.42 Å². The number of nitrogens with one attached hydrogen (secondary N) is 1. The Morgan fingerprint density at radius 2 is 1.84 bits per heavy atom. The Hall–Kier alpha value is -0.830. The van der Waals surface area contributed by atoms with Crippen LogP contribution in [-0.2, 0) is 4.79 Å². The van der Waals surface area contributed by atoms with Crippen molar-refractivity contribution in [3.05, 3.63) is 35.9 Å². The lowest BCUT2D eigenvalue weighted by Crippen LogP contribution is -2.36. The molecule has 1 rings (SSSR count). The number of amides is 1. The van der Waals surface area contributed by atoms with E-state index in [4.69, 9.17) is 0 Å². The SMILES string of the molecule is CC(C)(C)C(NC(=O)CCCCBr)c1ccccc1. The van der Waals surface area contributed by atoms with Gasteiger partial charge in [-0.05, 0) is 23.8 Å². The molecule has 2 nitrogen and oxygen atoms in total. The van der Waals surface area contributed by atoms with Gasteiger partial charge in [-0.3, -0.25) is 4.79 Å². The maximum atomic E-state index is 12.0. The van der Waals surface area contributed by atoms with Crippen LogP contribution in [0.5, 0.6) is 0 Å². The second-order valence-corrected chi connectivity index (χ2v) is 6.72. The van der Waals surface area contributed by atoms with Crippen molar-refractivity contribution in [3.8, 4) is 0 Å². The summed E-state index contributed by atoms with van der Waals surface area (Å²) in [6, 6.07) is 10.3. The van der Waals surface area contributed by atoms with Crippen molar-refractivity contribution in [3.63, 3.8) is 0 Å². The molecule has 0 aromatic heterocycles. The van der Waals surface area contributed by atoms with E-state index in [1.165, 1.54) is 5.56 Å². The van der Waals surface area contributed by atoms with Gasteiger partial charge in [0.2, 0.25) is 5.91 Å². The summed E-state index contributed by atoms with van der Waals surface area (Å²) >= 11 is 3.39. The molecule has 0 aliphatic rings. The van der Waals surface area contributed by atoms with Crippen LogP contribution in [0.1, 0.15) is 51.6 Å². The zero-order valence-corrected chi connectivity index (χ0v) is 13.7. The van der Waals surface area contributed by atoms with Gasteiger partial charge in [0.05, 0.1) is 6.04 Å². The van der Waals surface area contributed by atoms with Gasteiger partial charge >= 0.3 is 0 Å². The highest BCUT2D eigenvalue weighted by molar-refractivity contribution is 9.09. The van der Waals surface area contributed by atoms with Gasteiger partial charge in [0, 0.05) is 11.8 Å². The van der Waals surface area contributed by atoms with Crippen molar-refractivity contribution in [2.75, 3.05) is 5.33 Å². The van der Waals surface area contributed by atoms with Gasteiger partial charge in [-0.2, -0.15) is 0 Å². The average molecular weight is 326 g/mol. The Labute approximate surface area is 125 Å². The number of alkyl halides is 1. The van der Waals surface area contributed by atoms with Crippen LogP contribution in [0.2, 0.25) is 0 Å². The molecule has 106 valence electrons. The highest BCUT2D eigenvalue weighted by Gasteiger charge is 2.27. The van der Waals surface area contributed by atoms with E-state index >= 15 is 0 Å². The van der Waals surface area contributed by atoms with E-state index in [-0.39, 0.29) is 17.4 Å². The summed E-state index contributed by atoms with van der Waals surface area (Å²) in [7, 11) is 0. The number of halogens is 1. The molecule has 1 aromatic rings. The van der Waals surface area contributed by atoms with Gasteiger partial charge < -0.3 is 5.32 Å². The van der Waals surface area contributed by atoms with Gasteiger partial charge in [-0.15, -0.1) is 0 Å². The molecule has 0 aliphatic heterocycles. The van der Waals surface area contributed by atoms with Crippen molar-refractivity contribution in [2.24, 2.45) is 5.41 Å². The summed E-state index contributed by atoms with van der Waals surface area (Å²) in [4.78, 5) is 12.0. The zero-order chi connectivity index (χ0) is 14.3. The third-order valence-electron chi connectivity index (χ3n) is 3.09. The van der Waals surface area contributed by atoms with Crippen LogP contribution in [0, 0.1) is 5.41 Å². The average Bonchev–Trinajstić information content (AvgIpc) is 2.36. The minimum atomic E-state index is 0.00639. The first-order valence-corrected chi connectivity index (χ1v) is 7.97. The smallest absolute Gasteiger partial charge is 0.220 e. The molecule has 0 fully saturated rings. The van der Waals surface area contributed by atoms with E-state index < -0.39 is 0 Å². The maximum absolute atomic E-state index is 12.0. The first-order chi connectivity index (χ1) is 8.95. The normalized spacial score (nSPS) is 13.1. The molecule has 0 spiro atoms. The van der Waals surface area contributed by atoms with Crippen molar-refractivity contribution in [1.29, 1.82) is 0 Å². The molecule has 0 saturated heterocycles. The number of benzene rings is 1. The van der Waals surface area contributed by atoms with Crippen molar-refractivity contribution in [1.82, 2.24) is 5.32 Å². The van der Waals surface area contributed by atoms with E-state index in [1.807, 2.05) is 18.2 Å². The standard InChI is InChI=1S/C16H24BrNO/c1-16(2,3)15(13-9-5-4-6-10-13)18-14(19)11-7-8-12-17/h4-6,9-10,15H,7-8,11-12H2,1-3H3,(H,18,19). The summed E-state index contributed by atoms with van der Waals surface area (Å²) < 4.78 is 0. The minimum absolute atomic E-state index is 0.00639. The number of carbonyl (C=O) groups is 1. The van der Waals surface area contributed by atoms with Crippen LogP contribution in [-0.4, -0.2) is 11.2 Å². The molecule has 1 aromatic carbocycles. The monoisotopic (exact) mass is 325 g/mol. The van der Waals surface area contributed by atoms with Gasteiger partial charge in [0.25, 0.3) is 0 Å². The molecule has 1 atom stereocenters. The molecule has 0 bridgehead atoms. The lowest BCUT2D eigenvalue weighted by atomic mass is 9.82. The molecule has 3 heteroatoms. The molecule has 0 aliphatic carbocycles. The Morgan fingerprint density at radius 3 is 2.37 bits per heavy atom. The van der Waals surface area contributed by atoms with Crippen LogP contribution in [0.25, 0.3) is 0 Å². The van der Waals surface area contributed by atoms with Gasteiger partial charge in [-0.25, -0.2) is 0 Å². The van der Waals surface area contributed by atoms with Gasteiger partial charge in [-0.1, -0.05) is 67.0 Å². The first-order valence-electron chi connectivity index (χ1n) is 6.85. The van der Waals surface area contributed by atoms with Crippen LogP contribution in [0.4, 0.5) is 0 Å². The fourth-order valence-corrected chi connectivity index (χ4v) is 2.46. The van der Waals surface area contributed by atoms with E-state index in [9.17, 15) is 4.79 Å². The summed E-state index contributed by atoms with van der Waals surface area (Å²) in [5.74, 6) is 0.143. The Kier molecular flexibility index (Phi) is 6.56. The minimum Gasteiger partial charge on any atom is -0.349 e. The molecule has 19 heavy (non-hydrogen) atoms. The van der Waals surface area contributed by atoms with Crippen molar-refractivity contribution in [2.45, 2.75) is 46.1 Å². The molecule has 0 saturated carbocycles. The third-order valence-corrected chi connectivity index (χ3v) is 3.65. The fourth-order valence-electron chi connectivity index (χ4n) is 2.06. The van der Waals surface area contributed by atoms with Crippen molar-refractivity contribution >= 4 is 21.8 Å². The molecule has 0 radical (unpaired) electrons. The highest BCUT2D eigenvalue weighted by Crippen LogP contribution is 2.32. The number of unbranched alkanes of at least 4 members (excludes halogenated alkanes) is 1. The third kappa shape index (κ3) is 5.77. The Bertz CT molecular complexity index is 383. The summed E-state index contributed by atoms with van der Waals surface area (Å²) in [6.45, 7) is 6.47. The molecule has 0 heterocycles. The predicted octanol–water partition coefficient (Wildman–Crippen LogP) is 4.46. The zero-order valence-electron chi connectivity index (χ0n) is 12.1. The number of hydrogen-bond donors (Lipinski definition) is 1. The van der Waals surface area contributed by atoms with Crippen LogP contribution < -0.4 is 5.32 Å². The summed E-state index contributed by atoms with van der Waals surface area (Å²) in [5, 5.41) is 4.14. The predicted molar refractivity (Wildman–Crippen MR) is 84.4 cm³/mol. The Balaban J connectivity index is 2.69. The summed E-state index contributed by atoms with van der Waals surface area (Å²) in [5.41, 5.74) is 1.18. The largest absolute Gasteiger partial charge is 0.349 e.